The topological polar surface area (TPSA) is 70.1 Å². The molecular formula is C25H19N3O2. The molecule has 0 aliphatic carbocycles. The quantitative estimate of drug-likeness (QED) is 0.259. The number of nitrogen functional groups attached to an aromatic ring is 1. The first-order chi connectivity index (χ1) is 14.6. The third kappa shape index (κ3) is 2.97. The summed E-state index contributed by atoms with van der Waals surface area (Å²) in [7, 11) is 1.35. The van der Waals surface area contributed by atoms with E-state index >= 15 is 0 Å². The zero-order chi connectivity index (χ0) is 20.7. The van der Waals surface area contributed by atoms with E-state index in [-0.39, 0.29) is 5.69 Å². The van der Waals surface area contributed by atoms with Gasteiger partial charge < -0.3 is 10.5 Å². The first-order valence-electron chi connectivity index (χ1n) is 9.60. The highest BCUT2D eigenvalue weighted by Crippen LogP contribution is 2.31. The van der Waals surface area contributed by atoms with Gasteiger partial charge in [0.05, 0.1) is 18.5 Å². The van der Waals surface area contributed by atoms with Crippen molar-refractivity contribution in [3.63, 3.8) is 0 Å². The number of fused-ring (bicyclic) bond motifs is 3. The number of methoxy groups -OCH3 is 1. The predicted octanol–water partition coefficient (Wildman–Crippen LogP) is 5.21. The summed E-state index contributed by atoms with van der Waals surface area (Å²) in [5.41, 5.74) is 9.33. The summed E-state index contributed by atoms with van der Waals surface area (Å²) in [6.45, 7) is 0. The van der Waals surface area contributed by atoms with Gasteiger partial charge in [0.15, 0.2) is 5.69 Å². The molecule has 5 nitrogen and oxygen atoms in total. The zero-order valence-corrected chi connectivity index (χ0v) is 16.4. The van der Waals surface area contributed by atoms with Crippen LogP contribution in [0.4, 0.5) is 5.69 Å². The number of rotatable bonds is 3. The Balaban J connectivity index is 1.75. The van der Waals surface area contributed by atoms with Gasteiger partial charge in [0.1, 0.15) is 0 Å². The van der Waals surface area contributed by atoms with E-state index in [9.17, 15) is 4.79 Å². The maximum Gasteiger partial charge on any atom is 0.358 e. The van der Waals surface area contributed by atoms with E-state index in [0.29, 0.717) is 5.69 Å². The molecule has 146 valence electrons. The average Bonchev–Trinajstić information content (AvgIpc) is 3.24. The Labute approximate surface area is 173 Å². The second-order valence-electron chi connectivity index (χ2n) is 7.13. The molecule has 30 heavy (non-hydrogen) atoms. The van der Waals surface area contributed by atoms with Gasteiger partial charge in [0, 0.05) is 11.3 Å². The molecule has 1 heterocycles. The second-order valence-corrected chi connectivity index (χ2v) is 7.13. The highest BCUT2D eigenvalue weighted by Gasteiger charge is 2.17. The van der Waals surface area contributed by atoms with Gasteiger partial charge >= 0.3 is 5.97 Å². The summed E-state index contributed by atoms with van der Waals surface area (Å²) in [5.74, 6) is -0.475. The molecule has 0 saturated carbocycles. The van der Waals surface area contributed by atoms with Gasteiger partial charge in [-0.15, -0.1) is 0 Å². The van der Waals surface area contributed by atoms with E-state index in [1.54, 1.807) is 10.7 Å². The second kappa shape index (κ2) is 7.04. The van der Waals surface area contributed by atoms with Crippen molar-refractivity contribution in [1.29, 1.82) is 0 Å². The molecule has 0 aliphatic rings. The van der Waals surface area contributed by atoms with Gasteiger partial charge in [-0.3, -0.25) is 0 Å². The Hall–Kier alpha value is -4.12. The fourth-order valence-corrected chi connectivity index (χ4v) is 3.76. The molecule has 0 atom stereocenters. The first-order valence-corrected chi connectivity index (χ1v) is 9.60. The molecule has 0 saturated heterocycles. The van der Waals surface area contributed by atoms with Crippen molar-refractivity contribution in [3.05, 3.63) is 90.6 Å². The number of nitrogens with two attached hydrogens (primary N) is 1. The summed E-state index contributed by atoms with van der Waals surface area (Å²) < 4.78 is 6.64. The van der Waals surface area contributed by atoms with E-state index in [1.165, 1.54) is 17.9 Å². The van der Waals surface area contributed by atoms with Crippen molar-refractivity contribution in [1.82, 2.24) is 9.78 Å². The lowest BCUT2D eigenvalue weighted by atomic mass is 9.99. The largest absolute Gasteiger partial charge is 0.464 e. The van der Waals surface area contributed by atoms with Crippen LogP contribution in [0.2, 0.25) is 0 Å². The van der Waals surface area contributed by atoms with Gasteiger partial charge in [0.25, 0.3) is 0 Å². The zero-order valence-electron chi connectivity index (χ0n) is 16.4. The smallest absolute Gasteiger partial charge is 0.358 e. The minimum absolute atomic E-state index is 0.252. The van der Waals surface area contributed by atoms with E-state index < -0.39 is 5.97 Å². The summed E-state index contributed by atoms with van der Waals surface area (Å²) in [6.07, 6.45) is 0. The van der Waals surface area contributed by atoms with E-state index in [4.69, 9.17) is 10.5 Å². The number of aromatic nitrogens is 2. The monoisotopic (exact) mass is 393 g/mol. The van der Waals surface area contributed by atoms with Crippen molar-refractivity contribution in [2.45, 2.75) is 0 Å². The molecule has 0 amide bonds. The molecular weight excluding hydrogens is 374 g/mol. The van der Waals surface area contributed by atoms with Gasteiger partial charge in [0.2, 0.25) is 0 Å². The van der Waals surface area contributed by atoms with Crippen LogP contribution >= 0.6 is 0 Å². The van der Waals surface area contributed by atoms with Crippen molar-refractivity contribution < 1.29 is 9.53 Å². The summed E-state index contributed by atoms with van der Waals surface area (Å²) in [5, 5.41) is 9.17. The number of esters is 1. The molecule has 4 aromatic carbocycles. The Kier molecular flexibility index (Phi) is 4.21. The Morgan fingerprint density at radius 3 is 2.33 bits per heavy atom. The molecule has 0 bridgehead atoms. The molecule has 0 aliphatic heterocycles. The normalized spacial score (nSPS) is 11.1. The number of hydrogen-bond acceptors (Lipinski definition) is 4. The maximum absolute atomic E-state index is 12.2. The van der Waals surface area contributed by atoms with Gasteiger partial charge in [-0.05, 0) is 57.9 Å². The number of nitrogens with zero attached hydrogens (tertiary/aromatic N) is 2. The van der Waals surface area contributed by atoms with Crippen LogP contribution in [0.25, 0.3) is 38.5 Å². The molecule has 1 aromatic heterocycles. The van der Waals surface area contributed by atoms with E-state index in [1.807, 2.05) is 42.5 Å². The Bertz CT molecular complexity index is 1400. The summed E-state index contributed by atoms with van der Waals surface area (Å²) in [6, 6.07) is 28.0. The molecule has 0 spiro atoms. The Morgan fingerprint density at radius 2 is 1.57 bits per heavy atom. The molecule has 2 N–H and O–H groups in total. The molecule has 0 radical (unpaired) electrons. The van der Waals surface area contributed by atoms with Crippen molar-refractivity contribution in [3.8, 4) is 16.9 Å². The lowest BCUT2D eigenvalue weighted by Gasteiger charge is -2.10. The first kappa shape index (κ1) is 17.9. The van der Waals surface area contributed by atoms with Crippen LogP contribution in [0.3, 0.4) is 0 Å². The SMILES string of the molecule is COC(=O)c1cc(-c2ccc3ccc4ccccc4c3c2)n(-c2ccc(N)cc2)n1. The van der Waals surface area contributed by atoms with E-state index in [0.717, 1.165) is 27.7 Å². The third-order valence-corrected chi connectivity index (χ3v) is 5.28. The number of benzene rings is 4. The molecule has 5 aromatic rings. The lowest BCUT2D eigenvalue weighted by Crippen LogP contribution is -2.04. The molecule has 5 rings (SSSR count). The third-order valence-electron chi connectivity index (χ3n) is 5.28. The van der Waals surface area contributed by atoms with Gasteiger partial charge in [-0.25, -0.2) is 9.48 Å². The van der Waals surface area contributed by atoms with Crippen molar-refractivity contribution >= 4 is 33.2 Å². The van der Waals surface area contributed by atoms with Gasteiger partial charge in [-0.2, -0.15) is 5.10 Å². The number of carbonyl (C=O) groups is 1. The van der Waals surface area contributed by atoms with Crippen LogP contribution in [-0.2, 0) is 4.74 Å². The summed E-state index contributed by atoms with van der Waals surface area (Å²) in [4.78, 5) is 12.2. The fourth-order valence-electron chi connectivity index (χ4n) is 3.76. The highest BCUT2D eigenvalue weighted by atomic mass is 16.5. The number of ether oxygens (including phenoxy) is 1. The van der Waals surface area contributed by atoms with Crippen molar-refractivity contribution in [2.24, 2.45) is 0 Å². The standard InChI is InChI=1S/C25H19N3O2/c1-30-25(29)23-15-24(28(27-23)20-12-10-19(26)11-13-20)18-9-8-17-7-6-16-4-2-3-5-21(16)22(17)14-18/h2-15H,26H2,1H3. The molecule has 5 heteroatoms. The van der Waals surface area contributed by atoms with Gasteiger partial charge in [-0.1, -0.05) is 48.5 Å². The van der Waals surface area contributed by atoms with Crippen LogP contribution in [-0.4, -0.2) is 22.9 Å². The highest BCUT2D eigenvalue weighted by molar-refractivity contribution is 6.08. The van der Waals surface area contributed by atoms with E-state index in [2.05, 4.69) is 41.5 Å². The minimum atomic E-state index is -0.475. The minimum Gasteiger partial charge on any atom is -0.464 e. The fraction of sp³-hybridized carbons (Fsp3) is 0.0400. The van der Waals surface area contributed by atoms with Crippen LogP contribution in [0.1, 0.15) is 10.5 Å². The number of carbonyl (C=O) groups excluding carboxylic acids is 1. The molecule has 0 fully saturated rings. The average molecular weight is 393 g/mol. The Morgan fingerprint density at radius 1 is 0.867 bits per heavy atom. The predicted molar refractivity (Wildman–Crippen MR) is 120 cm³/mol. The van der Waals surface area contributed by atoms with Crippen LogP contribution in [0.5, 0.6) is 0 Å². The number of hydrogen-bond donors (Lipinski definition) is 1. The maximum atomic E-state index is 12.2. The number of anilines is 1. The van der Waals surface area contributed by atoms with Crippen LogP contribution < -0.4 is 5.73 Å². The van der Waals surface area contributed by atoms with Crippen LogP contribution in [0, 0.1) is 0 Å². The molecule has 0 unspecified atom stereocenters. The van der Waals surface area contributed by atoms with Crippen LogP contribution in [0.15, 0.2) is 84.9 Å². The van der Waals surface area contributed by atoms with Crippen molar-refractivity contribution in [2.75, 3.05) is 12.8 Å². The lowest BCUT2D eigenvalue weighted by molar-refractivity contribution is 0.0593. The summed E-state index contributed by atoms with van der Waals surface area (Å²) >= 11 is 0.